The highest BCUT2D eigenvalue weighted by molar-refractivity contribution is 5.70. The van der Waals surface area contributed by atoms with E-state index in [-0.39, 0.29) is 28.4 Å². The van der Waals surface area contributed by atoms with Crippen LogP contribution in [0.15, 0.2) is 30.0 Å². The molecule has 43 heavy (non-hydrogen) atoms. The molecule has 0 aromatic heterocycles. The number of benzene rings is 2. The van der Waals surface area contributed by atoms with E-state index in [4.69, 9.17) is 23.7 Å². The first-order valence-corrected chi connectivity index (χ1v) is 13.1. The van der Waals surface area contributed by atoms with E-state index in [1.54, 1.807) is 0 Å². The lowest BCUT2D eigenvalue weighted by atomic mass is 9.98. The van der Waals surface area contributed by atoms with Crippen LogP contribution in [-0.2, 0) is 14.2 Å². The average Bonchev–Trinajstić information content (AvgIpc) is 2.97. The Hall–Kier alpha value is -3.58. The fraction of sp³-hybridized carbons (Fsp3) is 0.481. The van der Waals surface area contributed by atoms with Crippen LogP contribution in [0.3, 0.4) is 0 Å². The Morgan fingerprint density at radius 2 is 1.33 bits per heavy atom. The van der Waals surface area contributed by atoms with Crippen molar-refractivity contribution in [2.75, 3.05) is 6.61 Å². The molecule has 16 nitrogen and oxygen atoms in total. The molecule has 11 N–H and O–H groups in total. The van der Waals surface area contributed by atoms with Crippen molar-refractivity contribution in [3.63, 3.8) is 0 Å². The molecule has 0 aliphatic carbocycles. The molecule has 0 amide bonds. The summed E-state index contributed by atoms with van der Waals surface area (Å²) in [5.74, 6) is -3.09. The highest BCUT2D eigenvalue weighted by Crippen LogP contribution is 2.47. The van der Waals surface area contributed by atoms with Gasteiger partial charge < -0.3 is 79.9 Å². The Kier molecular flexibility index (Phi) is 8.50. The molecule has 3 aliphatic heterocycles. The molecule has 2 aromatic rings. The SMILES string of the molecule is C[C@H]1O[C@@H](OC2=Cc3c(cc(O)cc3O[C@@H]3O[C@H](CO)[C@@H](O)[C@H](O)[C@H]3O)OC2c2cc(O)c(O)c(O)c2)[C@@H](O)[C@@H](O)[C@H]1O. The van der Waals surface area contributed by atoms with Gasteiger partial charge >= 0.3 is 0 Å². The lowest BCUT2D eigenvalue weighted by Gasteiger charge is -2.41. The molecule has 2 saturated heterocycles. The molecule has 2 fully saturated rings. The standard InChI is InChI=1S/C27H32O16/c1-8-18(32)21(35)23(37)26(39-8)42-16-6-11-14(40-25(16)9-2-12(30)19(33)13(31)3-9)4-10(29)5-15(11)41-27-24(38)22(36)20(34)17(7-28)43-27/h2-6,8,17-18,20-38H,7H2,1H3/t8-,17-,18+,20-,21+,22+,23+,24-,25?,26+,27-/m1/s1. The molecule has 16 heteroatoms. The van der Waals surface area contributed by atoms with Gasteiger partial charge in [-0.2, -0.15) is 0 Å². The molecule has 0 bridgehead atoms. The van der Waals surface area contributed by atoms with Crippen LogP contribution in [0.25, 0.3) is 6.08 Å². The third kappa shape index (κ3) is 5.72. The maximum absolute atomic E-state index is 10.6. The van der Waals surface area contributed by atoms with Crippen LogP contribution in [0, 0.1) is 0 Å². The van der Waals surface area contributed by atoms with Crippen molar-refractivity contribution in [2.24, 2.45) is 0 Å². The van der Waals surface area contributed by atoms with Crippen molar-refractivity contribution in [3.05, 3.63) is 41.2 Å². The first-order valence-electron chi connectivity index (χ1n) is 13.1. The van der Waals surface area contributed by atoms with Crippen LogP contribution >= 0.6 is 0 Å². The molecule has 0 radical (unpaired) electrons. The molecular weight excluding hydrogens is 580 g/mol. The Balaban J connectivity index is 1.56. The lowest BCUT2D eigenvalue weighted by Crippen LogP contribution is -2.60. The smallest absolute Gasteiger partial charge is 0.229 e. The summed E-state index contributed by atoms with van der Waals surface area (Å²) in [4.78, 5) is 0. The molecular formula is C27H32O16. The monoisotopic (exact) mass is 612 g/mol. The van der Waals surface area contributed by atoms with Gasteiger partial charge in [0, 0.05) is 17.7 Å². The van der Waals surface area contributed by atoms with Gasteiger partial charge in [-0.25, -0.2) is 0 Å². The first kappa shape index (κ1) is 30.9. The van der Waals surface area contributed by atoms with Gasteiger partial charge in [-0.3, -0.25) is 0 Å². The summed E-state index contributed by atoms with van der Waals surface area (Å²) < 4.78 is 28.6. The van der Waals surface area contributed by atoms with Crippen molar-refractivity contribution in [1.82, 2.24) is 0 Å². The topological polar surface area (TPSA) is 269 Å². The van der Waals surface area contributed by atoms with E-state index in [1.165, 1.54) is 19.1 Å². The summed E-state index contributed by atoms with van der Waals surface area (Å²) in [5.41, 5.74) is 0.0653. The molecule has 11 atom stereocenters. The molecule has 0 spiro atoms. The van der Waals surface area contributed by atoms with Gasteiger partial charge in [-0.15, -0.1) is 0 Å². The Labute approximate surface area is 243 Å². The minimum absolute atomic E-state index is 0.0170. The number of ether oxygens (including phenoxy) is 5. The molecule has 2 aromatic carbocycles. The van der Waals surface area contributed by atoms with Gasteiger partial charge in [0.15, 0.2) is 23.4 Å². The number of phenolic OH excluding ortho intramolecular Hbond substituents is 4. The van der Waals surface area contributed by atoms with Crippen LogP contribution < -0.4 is 9.47 Å². The van der Waals surface area contributed by atoms with Crippen molar-refractivity contribution < 1.29 is 79.9 Å². The van der Waals surface area contributed by atoms with Crippen molar-refractivity contribution in [1.29, 1.82) is 0 Å². The normalized spacial score (nSPS) is 35.8. The lowest BCUT2D eigenvalue weighted by molar-refractivity contribution is -0.285. The summed E-state index contributed by atoms with van der Waals surface area (Å²) in [6.07, 6.45) is -15.6. The Bertz CT molecular complexity index is 1340. The van der Waals surface area contributed by atoms with E-state index in [9.17, 15) is 56.2 Å². The summed E-state index contributed by atoms with van der Waals surface area (Å²) >= 11 is 0. The predicted molar refractivity (Wildman–Crippen MR) is 139 cm³/mol. The van der Waals surface area contributed by atoms with Crippen molar-refractivity contribution >= 4 is 6.08 Å². The number of hydrogen-bond donors (Lipinski definition) is 11. The highest BCUT2D eigenvalue weighted by atomic mass is 16.7. The quantitative estimate of drug-likeness (QED) is 0.158. The predicted octanol–water partition coefficient (Wildman–Crippen LogP) is -1.99. The van der Waals surface area contributed by atoms with E-state index in [1.807, 2.05) is 0 Å². The minimum Gasteiger partial charge on any atom is -0.508 e. The Morgan fingerprint density at radius 1 is 0.721 bits per heavy atom. The zero-order valence-corrected chi connectivity index (χ0v) is 22.4. The fourth-order valence-electron chi connectivity index (χ4n) is 4.97. The van der Waals surface area contributed by atoms with E-state index in [2.05, 4.69) is 0 Å². The van der Waals surface area contributed by atoms with Crippen molar-refractivity contribution in [2.45, 2.75) is 74.4 Å². The van der Waals surface area contributed by atoms with Crippen molar-refractivity contribution in [3.8, 4) is 34.5 Å². The highest BCUT2D eigenvalue weighted by Gasteiger charge is 2.46. The number of aliphatic hydroxyl groups excluding tert-OH is 7. The van der Waals surface area contributed by atoms with E-state index < -0.39 is 97.1 Å². The summed E-state index contributed by atoms with van der Waals surface area (Å²) in [6.45, 7) is 0.709. The summed E-state index contributed by atoms with van der Waals surface area (Å²) in [6, 6.07) is 4.37. The van der Waals surface area contributed by atoms with Crippen LogP contribution in [-0.4, -0.2) is 124 Å². The summed E-state index contributed by atoms with van der Waals surface area (Å²) in [5, 5.41) is 112. The minimum atomic E-state index is -1.80. The van der Waals surface area contributed by atoms with Crippen LogP contribution in [0.2, 0.25) is 0 Å². The second-order valence-electron chi connectivity index (χ2n) is 10.4. The average molecular weight is 613 g/mol. The maximum Gasteiger partial charge on any atom is 0.229 e. The third-order valence-corrected chi connectivity index (χ3v) is 7.43. The van der Waals surface area contributed by atoms with Gasteiger partial charge in [-0.1, -0.05) is 0 Å². The van der Waals surface area contributed by atoms with Crippen LogP contribution in [0.5, 0.6) is 34.5 Å². The van der Waals surface area contributed by atoms with Gasteiger partial charge in [0.2, 0.25) is 12.6 Å². The number of rotatable bonds is 6. The van der Waals surface area contributed by atoms with Gasteiger partial charge in [0.1, 0.15) is 65.7 Å². The van der Waals surface area contributed by atoms with Crippen LogP contribution in [0.1, 0.15) is 24.2 Å². The van der Waals surface area contributed by atoms with Gasteiger partial charge in [-0.05, 0) is 25.1 Å². The number of hydrogen-bond acceptors (Lipinski definition) is 16. The number of aromatic hydroxyl groups is 4. The second kappa shape index (κ2) is 11.8. The first-order chi connectivity index (χ1) is 20.3. The number of fused-ring (bicyclic) bond motifs is 1. The van der Waals surface area contributed by atoms with Crippen LogP contribution in [0.4, 0.5) is 0 Å². The molecule has 5 rings (SSSR count). The second-order valence-corrected chi connectivity index (χ2v) is 10.4. The fourth-order valence-corrected chi connectivity index (χ4v) is 4.97. The van der Waals surface area contributed by atoms with E-state index in [0.717, 1.165) is 18.2 Å². The third-order valence-electron chi connectivity index (χ3n) is 7.43. The Morgan fingerprint density at radius 3 is 1.95 bits per heavy atom. The maximum atomic E-state index is 10.6. The molecule has 0 saturated carbocycles. The number of phenols is 4. The molecule has 3 heterocycles. The molecule has 236 valence electrons. The zero-order chi connectivity index (χ0) is 31.3. The zero-order valence-electron chi connectivity index (χ0n) is 22.4. The van der Waals surface area contributed by atoms with Gasteiger partial charge in [0.25, 0.3) is 0 Å². The van der Waals surface area contributed by atoms with E-state index in [0.29, 0.717) is 0 Å². The van der Waals surface area contributed by atoms with E-state index >= 15 is 0 Å². The molecule has 1 unspecified atom stereocenters. The largest absolute Gasteiger partial charge is 0.508 e. The van der Waals surface area contributed by atoms with Gasteiger partial charge in [0.05, 0.1) is 18.3 Å². The number of aliphatic hydroxyl groups is 7. The molecule has 3 aliphatic rings. The summed E-state index contributed by atoms with van der Waals surface area (Å²) in [7, 11) is 0.